The van der Waals surface area contributed by atoms with E-state index in [0.717, 1.165) is 4.47 Å². The Morgan fingerprint density at radius 3 is 2.94 bits per heavy atom. The summed E-state index contributed by atoms with van der Waals surface area (Å²) in [5.41, 5.74) is 1.26. The summed E-state index contributed by atoms with van der Waals surface area (Å²) in [6, 6.07) is 6.91. The molecule has 0 unspecified atom stereocenters. The molecule has 1 aromatic heterocycles. The third-order valence-electron chi connectivity index (χ3n) is 2.01. The number of hydrogen-bond donors (Lipinski definition) is 1. The highest BCUT2D eigenvalue weighted by Gasteiger charge is 2.11. The van der Waals surface area contributed by atoms with Crippen molar-refractivity contribution in [2.75, 3.05) is 6.61 Å². The lowest BCUT2D eigenvalue weighted by molar-refractivity contribution is -0.139. The molecule has 0 aliphatic rings. The lowest BCUT2D eigenvalue weighted by Crippen LogP contribution is -2.09. The molecule has 0 spiro atoms. The van der Waals surface area contributed by atoms with Crippen molar-refractivity contribution in [3.8, 4) is 17.0 Å². The van der Waals surface area contributed by atoms with Gasteiger partial charge in [0.05, 0.1) is 0 Å². The average molecular weight is 298 g/mol. The molecule has 0 saturated heterocycles. The van der Waals surface area contributed by atoms with Gasteiger partial charge in [-0.2, -0.15) is 0 Å². The van der Waals surface area contributed by atoms with E-state index >= 15 is 0 Å². The number of nitrogens with zero attached hydrogens (tertiary/aromatic N) is 1. The lowest BCUT2D eigenvalue weighted by atomic mass is 10.1. The first-order valence-corrected chi connectivity index (χ1v) is 5.51. The highest BCUT2D eigenvalue weighted by atomic mass is 79.9. The minimum Gasteiger partial charge on any atom is -0.481 e. The zero-order chi connectivity index (χ0) is 12.3. The van der Waals surface area contributed by atoms with E-state index in [0.29, 0.717) is 17.0 Å². The Morgan fingerprint density at radius 1 is 1.47 bits per heavy atom. The molecule has 88 valence electrons. The fourth-order valence-electron chi connectivity index (χ4n) is 1.32. The quantitative estimate of drug-likeness (QED) is 0.939. The van der Waals surface area contributed by atoms with Gasteiger partial charge in [-0.15, -0.1) is 0 Å². The molecule has 0 saturated carbocycles. The van der Waals surface area contributed by atoms with Crippen molar-refractivity contribution < 1.29 is 19.2 Å². The van der Waals surface area contributed by atoms with E-state index in [-0.39, 0.29) is 0 Å². The van der Waals surface area contributed by atoms with Crippen molar-refractivity contribution in [1.82, 2.24) is 5.16 Å². The first kappa shape index (κ1) is 11.7. The van der Waals surface area contributed by atoms with Crippen molar-refractivity contribution in [2.45, 2.75) is 0 Å². The van der Waals surface area contributed by atoms with Crippen LogP contribution in [-0.4, -0.2) is 22.8 Å². The zero-order valence-electron chi connectivity index (χ0n) is 8.59. The van der Waals surface area contributed by atoms with Crippen LogP contribution in [0.15, 0.2) is 39.5 Å². The van der Waals surface area contributed by atoms with E-state index in [1.165, 1.54) is 6.26 Å². The molecule has 5 nitrogen and oxygen atoms in total. The van der Waals surface area contributed by atoms with Crippen LogP contribution in [0.5, 0.6) is 5.75 Å². The average Bonchev–Trinajstić information content (AvgIpc) is 2.80. The SMILES string of the molecule is O=C(O)COc1ccc(Br)cc1-c1ccon1. The van der Waals surface area contributed by atoms with Crippen molar-refractivity contribution in [2.24, 2.45) is 0 Å². The molecular formula is C11H8BrNO4. The van der Waals surface area contributed by atoms with Crippen molar-refractivity contribution in [1.29, 1.82) is 0 Å². The van der Waals surface area contributed by atoms with Gasteiger partial charge in [-0.3, -0.25) is 0 Å². The maximum Gasteiger partial charge on any atom is 0.341 e. The minimum atomic E-state index is -1.03. The molecule has 0 aliphatic carbocycles. The fraction of sp³-hybridized carbons (Fsp3) is 0.0909. The number of aliphatic carboxylic acids is 1. The van der Waals surface area contributed by atoms with E-state index in [1.54, 1.807) is 24.3 Å². The molecule has 2 aromatic rings. The molecule has 0 radical (unpaired) electrons. The summed E-state index contributed by atoms with van der Waals surface area (Å²) in [6.07, 6.45) is 1.44. The van der Waals surface area contributed by atoms with Gasteiger partial charge in [-0.25, -0.2) is 4.79 Å². The van der Waals surface area contributed by atoms with Gasteiger partial charge in [-0.1, -0.05) is 21.1 Å². The molecule has 6 heteroatoms. The highest BCUT2D eigenvalue weighted by molar-refractivity contribution is 9.10. The predicted octanol–water partition coefficient (Wildman–Crippen LogP) is 2.57. The van der Waals surface area contributed by atoms with Crippen LogP contribution in [0.4, 0.5) is 0 Å². The maximum absolute atomic E-state index is 10.5. The molecular weight excluding hydrogens is 290 g/mol. The van der Waals surface area contributed by atoms with Crippen molar-refractivity contribution in [3.05, 3.63) is 35.0 Å². The van der Waals surface area contributed by atoms with Crippen LogP contribution in [0.1, 0.15) is 0 Å². The molecule has 1 aromatic carbocycles. The normalized spacial score (nSPS) is 10.2. The number of carboxylic acid groups (broad SMARTS) is 1. The number of halogens is 1. The van der Waals surface area contributed by atoms with Gasteiger partial charge in [0, 0.05) is 16.1 Å². The number of rotatable bonds is 4. The Morgan fingerprint density at radius 2 is 2.29 bits per heavy atom. The fourth-order valence-corrected chi connectivity index (χ4v) is 1.68. The van der Waals surface area contributed by atoms with E-state index < -0.39 is 12.6 Å². The van der Waals surface area contributed by atoms with Gasteiger partial charge in [0.1, 0.15) is 17.7 Å². The molecule has 17 heavy (non-hydrogen) atoms. The number of aromatic nitrogens is 1. The zero-order valence-corrected chi connectivity index (χ0v) is 10.2. The number of benzene rings is 1. The third-order valence-corrected chi connectivity index (χ3v) is 2.50. The molecule has 0 amide bonds. The smallest absolute Gasteiger partial charge is 0.341 e. The number of carboxylic acids is 1. The third kappa shape index (κ3) is 2.85. The Kier molecular flexibility index (Phi) is 3.43. The molecule has 1 N–H and O–H groups in total. The summed E-state index contributed by atoms with van der Waals surface area (Å²) in [4.78, 5) is 10.5. The van der Waals surface area contributed by atoms with Crippen LogP contribution in [-0.2, 0) is 4.79 Å². The second-order valence-corrected chi connectivity index (χ2v) is 4.12. The Balaban J connectivity index is 2.34. The van der Waals surface area contributed by atoms with Gasteiger partial charge < -0.3 is 14.4 Å². The minimum absolute atomic E-state index is 0.396. The topological polar surface area (TPSA) is 72.6 Å². The van der Waals surface area contributed by atoms with Gasteiger partial charge in [0.2, 0.25) is 0 Å². The molecule has 0 aliphatic heterocycles. The summed E-state index contributed by atoms with van der Waals surface area (Å²) < 4.78 is 10.8. The molecule has 2 rings (SSSR count). The van der Waals surface area contributed by atoms with Crippen molar-refractivity contribution in [3.63, 3.8) is 0 Å². The first-order chi connectivity index (χ1) is 8.16. The number of hydrogen-bond acceptors (Lipinski definition) is 4. The molecule has 0 bridgehead atoms. The van der Waals surface area contributed by atoms with Crippen molar-refractivity contribution >= 4 is 21.9 Å². The van der Waals surface area contributed by atoms with Crippen LogP contribution < -0.4 is 4.74 Å². The molecule has 0 fully saturated rings. The monoisotopic (exact) mass is 297 g/mol. The highest BCUT2D eigenvalue weighted by Crippen LogP contribution is 2.31. The maximum atomic E-state index is 10.5. The predicted molar refractivity (Wildman–Crippen MR) is 62.8 cm³/mol. The van der Waals surface area contributed by atoms with E-state index in [2.05, 4.69) is 21.1 Å². The van der Waals surface area contributed by atoms with Gasteiger partial charge >= 0.3 is 5.97 Å². The number of carbonyl (C=O) groups is 1. The number of ether oxygens (including phenoxy) is 1. The largest absolute Gasteiger partial charge is 0.481 e. The molecule has 0 atom stereocenters. The second-order valence-electron chi connectivity index (χ2n) is 3.21. The molecule has 1 heterocycles. The van der Waals surface area contributed by atoms with Crippen LogP contribution in [0, 0.1) is 0 Å². The van der Waals surface area contributed by atoms with E-state index in [1.807, 2.05) is 0 Å². The van der Waals surface area contributed by atoms with Crippen LogP contribution in [0.25, 0.3) is 11.3 Å². The van der Waals surface area contributed by atoms with Crippen LogP contribution >= 0.6 is 15.9 Å². The van der Waals surface area contributed by atoms with E-state index in [4.69, 9.17) is 14.4 Å². The van der Waals surface area contributed by atoms with Gasteiger partial charge in [-0.05, 0) is 18.2 Å². The van der Waals surface area contributed by atoms with Crippen LogP contribution in [0.3, 0.4) is 0 Å². The summed E-state index contributed by atoms with van der Waals surface area (Å²) in [5, 5.41) is 12.4. The summed E-state index contributed by atoms with van der Waals surface area (Å²) in [6.45, 7) is -0.396. The first-order valence-electron chi connectivity index (χ1n) is 4.71. The Labute approximate surface area is 105 Å². The Hall–Kier alpha value is -1.82. The van der Waals surface area contributed by atoms with E-state index in [9.17, 15) is 4.79 Å². The lowest BCUT2D eigenvalue weighted by Gasteiger charge is -2.08. The second kappa shape index (κ2) is 5.01. The summed E-state index contributed by atoms with van der Waals surface area (Å²) >= 11 is 3.33. The van der Waals surface area contributed by atoms with Gasteiger partial charge in [0.25, 0.3) is 0 Å². The Bertz CT molecular complexity index is 524. The standard InChI is InChI=1S/C11H8BrNO4/c12-7-1-2-10(16-6-11(14)15)8(5-7)9-3-4-17-13-9/h1-5H,6H2,(H,14,15). The van der Waals surface area contributed by atoms with Gasteiger partial charge in [0.15, 0.2) is 6.61 Å². The van der Waals surface area contributed by atoms with Crippen LogP contribution in [0.2, 0.25) is 0 Å². The summed E-state index contributed by atoms with van der Waals surface area (Å²) in [5.74, 6) is -0.580. The summed E-state index contributed by atoms with van der Waals surface area (Å²) in [7, 11) is 0.